The number of hydrogen-bond donors (Lipinski definition) is 3. The summed E-state index contributed by atoms with van der Waals surface area (Å²) >= 11 is 0. The number of imidazole rings is 1. The van der Waals surface area contributed by atoms with Crippen molar-refractivity contribution in [3.05, 3.63) is 17.7 Å². The zero-order valence-electron chi connectivity index (χ0n) is 8.50. The van der Waals surface area contributed by atoms with Gasteiger partial charge in [-0.05, 0) is 0 Å². The molecular weight excluding hydrogens is 182 g/mol. The van der Waals surface area contributed by atoms with Gasteiger partial charge in [0, 0.05) is 0 Å². The summed E-state index contributed by atoms with van der Waals surface area (Å²) in [5, 5.41) is 8.67. The number of H-pyrrole nitrogens is 2. The van der Waals surface area contributed by atoms with Gasteiger partial charge in [0.15, 0.2) is 6.04 Å². The van der Waals surface area contributed by atoms with E-state index in [0.29, 0.717) is 12.3 Å². The molecular formula is C9H17N3O2+2. The minimum Gasteiger partial charge on any atom is -0.477 e. The highest BCUT2D eigenvalue weighted by Crippen LogP contribution is 2.06. The summed E-state index contributed by atoms with van der Waals surface area (Å²) < 4.78 is 0. The third kappa shape index (κ3) is 2.56. The van der Waals surface area contributed by atoms with E-state index >= 15 is 0 Å². The van der Waals surface area contributed by atoms with Crippen LogP contribution in [0.4, 0.5) is 0 Å². The smallest absolute Gasteiger partial charge is 0.362 e. The Bertz CT molecular complexity index is 320. The van der Waals surface area contributed by atoms with Gasteiger partial charge >= 0.3 is 5.97 Å². The predicted octanol–water partition coefficient (Wildman–Crippen LogP) is -0.810. The van der Waals surface area contributed by atoms with Crippen LogP contribution < -0.4 is 10.7 Å². The van der Waals surface area contributed by atoms with Crippen LogP contribution in [0, 0.1) is 0 Å². The summed E-state index contributed by atoms with van der Waals surface area (Å²) in [4.78, 5) is 16.8. The van der Waals surface area contributed by atoms with E-state index in [9.17, 15) is 4.79 Å². The standard InChI is InChI=1S/C9H15N3O2/c1-5(2)8-11-4-6(12-8)3-7(10)9(13)14/h4-5,7H,3,10H2,1-2H3,(H,11,12)(H,13,14)/p+2/t7-/m0/s1. The SMILES string of the molecule is CC(C)c1[nH]c(C[C@H]([NH3+])C(=O)O)c[nH+]1. The van der Waals surface area contributed by atoms with E-state index in [0.717, 1.165) is 11.5 Å². The second-order valence-electron chi connectivity index (χ2n) is 3.75. The molecule has 1 atom stereocenters. The molecule has 0 radical (unpaired) electrons. The maximum absolute atomic E-state index is 10.6. The first-order valence-electron chi connectivity index (χ1n) is 4.66. The number of quaternary nitrogens is 1. The molecule has 5 heteroatoms. The number of hydrogen-bond acceptors (Lipinski definition) is 1. The van der Waals surface area contributed by atoms with E-state index in [4.69, 9.17) is 5.11 Å². The molecule has 0 aromatic carbocycles. The predicted molar refractivity (Wildman–Crippen MR) is 49.5 cm³/mol. The average Bonchev–Trinajstić information content (AvgIpc) is 2.52. The first-order valence-corrected chi connectivity index (χ1v) is 4.66. The van der Waals surface area contributed by atoms with Crippen LogP contribution in [0.5, 0.6) is 0 Å². The van der Waals surface area contributed by atoms with Gasteiger partial charge in [0.05, 0.1) is 12.3 Å². The number of carboxylic acid groups (broad SMARTS) is 1. The number of aromatic nitrogens is 2. The lowest BCUT2D eigenvalue weighted by Gasteiger charge is -1.97. The van der Waals surface area contributed by atoms with E-state index in [2.05, 4.69) is 29.5 Å². The summed E-state index contributed by atoms with van der Waals surface area (Å²) in [6.45, 7) is 4.12. The van der Waals surface area contributed by atoms with Gasteiger partial charge in [0.2, 0.25) is 0 Å². The van der Waals surface area contributed by atoms with Crippen LogP contribution in [0.2, 0.25) is 0 Å². The topological polar surface area (TPSA) is 94.9 Å². The molecule has 0 amide bonds. The molecule has 5 nitrogen and oxygen atoms in total. The fourth-order valence-electron chi connectivity index (χ4n) is 1.18. The van der Waals surface area contributed by atoms with Crippen LogP contribution >= 0.6 is 0 Å². The molecule has 1 heterocycles. The van der Waals surface area contributed by atoms with Gasteiger partial charge in [-0.25, -0.2) is 14.8 Å². The van der Waals surface area contributed by atoms with Crippen LogP contribution in [0.3, 0.4) is 0 Å². The Kier molecular flexibility index (Phi) is 3.24. The molecule has 1 aromatic heterocycles. The highest BCUT2D eigenvalue weighted by Gasteiger charge is 2.20. The van der Waals surface area contributed by atoms with Crippen LogP contribution in [0.15, 0.2) is 6.20 Å². The van der Waals surface area contributed by atoms with Crippen LogP contribution in [-0.4, -0.2) is 22.1 Å². The van der Waals surface area contributed by atoms with Crippen molar-refractivity contribution in [2.75, 3.05) is 0 Å². The average molecular weight is 199 g/mol. The zero-order valence-corrected chi connectivity index (χ0v) is 8.50. The maximum atomic E-state index is 10.6. The molecule has 0 fully saturated rings. The molecule has 0 saturated carbocycles. The Labute approximate surface area is 82.3 Å². The van der Waals surface area contributed by atoms with Crippen molar-refractivity contribution in [2.24, 2.45) is 0 Å². The number of carbonyl (C=O) groups is 1. The number of aromatic amines is 2. The van der Waals surface area contributed by atoms with Crippen molar-refractivity contribution in [3.63, 3.8) is 0 Å². The normalized spacial score (nSPS) is 13.1. The Morgan fingerprint density at radius 3 is 2.79 bits per heavy atom. The monoisotopic (exact) mass is 199 g/mol. The summed E-state index contributed by atoms with van der Waals surface area (Å²) in [7, 11) is 0. The van der Waals surface area contributed by atoms with Crippen molar-refractivity contribution < 1.29 is 20.6 Å². The molecule has 6 N–H and O–H groups in total. The molecule has 1 aromatic rings. The molecule has 0 bridgehead atoms. The Morgan fingerprint density at radius 1 is 1.71 bits per heavy atom. The van der Waals surface area contributed by atoms with E-state index in [1.54, 1.807) is 6.20 Å². The lowest BCUT2D eigenvalue weighted by atomic mass is 10.2. The lowest BCUT2D eigenvalue weighted by molar-refractivity contribution is -0.408. The van der Waals surface area contributed by atoms with Crippen molar-refractivity contribution in [3.8, 4) is 0 Å². The van der Waals surface area contributed by atoms with Crippen LogP contribution in [0.25, 0.3) is 0 Å². The molecule has 1 rings (SSSR count). The second kappa shape index (κ2) is 4.23. The first kappa shape index (κ1) is 10.7. The summed E-state index contributed by atoms with van der Waals surface area (Å²) in [5.74, 6) is 0.528. The van der Waals surface area contributed by atoms with Gasteiger partial charge in [0.25, 0.3) is 5.82 Å². The van der Waals surface area contributed by atoms with Gasteiger partial charge in [-0.3, -0.25) is 0 Å². The number of aliphatic carboxylic acids is 1. The molecule has 0 aliphatic heterocycles. The summed E-state index contributed by atoms with van der Waals surface area (Å²) in [6.07, 6.45) is 2.23. The Balaban J connectivity index is 2.64. The van der Waals surface area contributed by atoms with Crippen molar-refractivity contribution in [1.29, 1.82) is 0 Å². The molecule has 0 saturated heterocycles. The zero-order chi connectivity index (χ0) is 10.7. The fourth-order valence-corrected chi connectivity index (χ4v) is 1.18. The van der Waals surface area contributed by atoms with E-state index in [-0.39, 0.29) is 0 Å². The Hall–Kier alpha value is -1.36. The third-order valence-electron chi connectivity index (χ3n) is 2.09. The van der Waals surface area contributed by atoms with Crippen molar-refractivity contribution in [2.45, 2.75) is 32.2 Å². The fraction of sp³-hybridized carbons (Fsp3) is 0.556. The van der Waals surface area contributed by atoms with E-state index in [1.807, 2.05) is 0 Å². The molecule has 78 valence electrons. The van der Waals surface area contributed by atoms with Crippen molar-refractivity contribution in [1.82, 2.24) is 4.98 Å². The molecule has 0 aliphatic rings. The molecule has 0 aliphatic carbocycles. The molecule has 0 unspecified atom stereocenters. The minimum atomic E-state index is -0.870. The van der Waals surface area contributed by atoms with E-state index in [1.165, 1.54) is 0 Å². The number of carboxylic acids is 1. The molecule has 0 spiro atoms. The summed E-state index contributed by atoms with van der Waals surface area (Å²) in [6, 6.07) is -0.595. The van der Waals surface area contributed by atoms with Crippen LogP contribution in [-0.2, 0) is 11.2 Å². The van der Waals surface area contributed by atoms with Gasteiger partial charge in [-0.1, -0.05) is 13.8 Å². The largest absolute Gasteiger partial charge is 0.477 e. The number of nitrogens with one attached hydrogen (secondary N) is 2. The highest BCUT2D eigenvalue weighted by atomic mass is 16.4. The Morgan fingerprint density at radius 2 is 2.36 bits per heavy atom. The minimum absolute atomic E-state index is 0.386. The van der Waals surface area contributed by atoms with Gasteiger partial charge < -0.3 is 10.8 Å². The van der Waals surface area contributed by atoms with Gasteiger partial charge in [-0.2, -0.15) is 0 Å². The molecule has 14 heavy (non-hydrogen) atoms. The van der Waals surface area contributed by atoms with Gasteiger partial charge in [-0.15, -0.1) is 0 Å². The van der Waals surface area contributed by atoms with Gasteiger partial charge in [0.1, 0.15) is 11.9 Å². The van der Waals surface area contributed by atoms with Crippen molar-refractivity contribution >= 4 is 5.97 Å². The van der Waals surface area contributed by atoms with Crippen LogP contribution in [0.1, 0.15) is 31.3 Å². The number of rotatable bonds is 4. The second-order valence-corrected chi connectivity index (χ2v) is 3.75. The third-order valence-corrected chi connectivity index (χ3v) is 2.09. The first-order chi connectivity index (χ1) is 6.50. The quantitative estimate of drug-likeness (QED) is 0.591. The maximum Gasteiger partial charge on any atom is 0.362 e. The summed E-state index contributed by atoms with van der Waals surface area (Å²) in [5.41, 5.74) is 4.44. The highest BCUT2D eigenvalue weighted by molar-refractivity contribution is 5.71. The lowest BCUT2D eigenvalue weighted by Crippen LogP contribution is -2.66. The van der Waals surface area contributed by atoms with E-state index < -0.39 is 12.0 Å².